The average molecular weight is 447 g/mol. The van der Waals surface area contributed by atoms with Gasteiger partial charge in [-0.2, -0.15) is 0 Å². The number of aryl methyl sites for hydroxylation is 1. The van der Waals surface area contributed by atoms with E-state index >= 15 is 4.39 Å². The molecular weight excluding hydrogens is 419 g/mol. The Kier molecular flexibility index (Phi) is 4.95. The molecule has 7 nitrogen and oxygen atoms in total. The highest BCUT2D eigenvalue weighted by Gasteiger charge is 2.38. The summed E-state index contributed by atoms with van der Waals surface area (Å²) in [4.78, 5) is 29.4. The quantitative estimate of drug-likeness (QED) is 0.528. The summed E-state index contributed by atoms with van der Waals surface area (Å²) in [5, 5.41) is 10.9. The number of hydrogen-bond donors (Lipinski definition) is 4. The highest BCUT2D eigenvalue weighted by molar-refractivity contribution is 7.12. The van der Waals surface area contributed by atoms with E-state index in [1.165, 1.54) is 0 Å². The maximum Gasteiger partial charge on any atom is 0.329 e. The molecule has 0 saturated heterocycles. The van der Waals surface area contributed by atoms with Gasteiger partial charge >= 0.3 is 5.69 Å². The van der Waals surface area contributed by atoms with Crippen LogP contribution in [-0.2, 0) is 6.42 Å². The van der Waals surface area contributed by atoms with Crippen molar-refractivity contribution in [2.24, 2.45) is 11.5 Å². The van der Waals surface area contributed by atoms with Gasteiger partial charge in [0.1, 0.15) is 0 Å². The largest absolute Gasteiger partial charge is 0.399 e. The summed E-state index contributed by atoms with van der Waals surface area (Å²) in [6.07, 6.45) is 2.20. The van der Waals surface area contributed by atoms with E-state index in [0.717, 1.165) is 47.4 Å². The molecule has 31 heavy (non-hydrogen) atoms. The Morgan fingerprint density at radius 1 is 1.35 bits per heavy atom. The van der Waals surface area contributed by atoms with E-state index in [2.05, 4.69) is 4.98 Å². The number of nitrogens with two attached hydrogens (primary N) is 2. The number of fused-ring (bicyclic) bond motifs is 2. The summed E-state index contributed by atoms with van der Waals surface area (Å²) >= 11 is 1.54. The molecule has 1 saturated carbocycles. The standard InChI is InChI=1S/C22H27FN4O3S/c1-9-16(15-7-12-11(13(28)8-24)3-2-4-14(12)31-15)18(23)19(25)17-20(9)27(10-5-6-10)22(30)26-21(17)29/h7,10-11,13,16,18,28H,2-6,8,24-25H2,1H3,(H,26,29,30). The van der Waals surface area contributed by atoms with Gasteiger partial charge in [0.25, 0.3) is 5.56 Å². The van der Waals surface area contributed by atoms with Crippen LogP contribution in [0.5, 0.6) is 0 Å². The van der Waals surface area contributed by atoms with Crippen molar-refractivity contribution in [3.8, 4) is 0 Å². The number of thiophene rings is 1. The zero-order valence-electron chi connectivity index (χ0n) is 17.4. The van der Waals surface area contributed by atoms with E-state index in [4.69, 9.17) is 11.5 Å². The fourth-order valence-electron chi connectivity index (χ4n) is 5.26. The van der Waals surface area contributed by atoms with Gasteiger partial charge in [-0.25, -0.2) is 9.18 Å². The predicted molar refractivity (Wildman–Crippen MR) is 118 cm³/mol. The first-order valence-electron chi connectivity index (χ1n) is 10.8. The zero-order valence-corrected chi connectivity index (χ0v) is 18.2. The molecule has 4 unspecified atom stereocenters. The molecule has 0 aliphatic heterocycles. The third-order valence-electron chi connectivity index (χ3n) is 6.97. The van der Waals surface area contributed by atoms with Crippen molar-refractivity contribution >= 4 is 22.6 Å². The highest BCUT2D eigenvalue weighted by atomic mass is 32.1. The molecule has 3 aliphatic carbocycles. The van der Waals surface area contributed by atoms with Crippen LogP contribution in [0.15, 0.2) is 15.7 Å². The topological polar surface area (TPSA) is 127 Å². The number of aromatic nitrogens is 2. The molecule has 0 spiro atoms. The van der Waals surface area contributed by atoms with E-state index in [0.29, 0.717) is 10.9 Å². The fraction of sp³-hybridized carbons (Fsp3) is 0.545. The zero-order chi connectivity index (χ0) is 22.0. The van der Waals surface area contributed by atoms with Gasteiger partial charge in [-0.1, -0.05) is 0 Å². The number of nitrogens with zero attached hydrogens (tertiary/aromatic N) is 1. The third-order valence-corrected chi connectivity index (χ3v) is 8.26. The normalized spacial score (nSPS) is 26.5. The Balaban J connectivity index is 1.73. The van der Waals surface area contributed by atoms with Crippen molar-refractivity contribution in [2.45, 2.75) is 69.2 Å². The molecule has 5 rings (SSSR count). The molecule has 6 N–H and O–H groups in total. The van der Waals surface area contributed by atoms with Crippen LogP contribution >= 0.6 is 11.3 Å². The van der Waals surface area contributed by atoms with E-state index < -0.39 is 29.4 Å². The van der Waals surface area contributed by atoms with Gasteiger partial charge in [0.15, 0.2) is 6.17 Å². The molecule has 0 aromatic carbocycles. The third kappa shape index (κ3) is 3.13. The molecule has 9 heteroatoms. The van der Waals surface area contributed by atoms with Crippen LogP contribution < -0.4 is 33.3 Å². The summed E-state index contributed by atoms with van der Waals surface area (Å²) in [7, 11) is 0. The number of hydrogen-bond acceptors (Lipinski definition) is 6. The lowest BCUT2D eigenvalue weighted by molar-refractivity contribution is 0.142. The number of aliphatic hydroxyl groups excluding tert-OH is 1. The number of rotatable bonds is 4. The van der Waals surface area contributed by atoms with Gasteiger partial charge in [-0.3, -0.25) is 14.3 Å². The van der Waals surface area contributed by atoms with Gasteiger partial charge < -0.3 is 16.6 Å². The molecule has 2 aromatic rings. The molecule has 0 amide bonds. The summed E-state index contributed by atoms with van der Waals surface area (Å²) < 4.78 is 17.3. The Labute approximate surface area is 181 Å². The van der Waals surface area contributed by atoms with Crippen molar-refractivity contribution in [3.05, 3.63) is 52.8 Å². The first-order valence-corrected chi connectivity index (χ1v) is 11.6. The van der Waals surface area contributed by atoms with E-state index in [1.807, 2.05) is 6.07 Å². The maximum absolute atomic E-state index is 15.7. The molecule has 4 atom stereocenters. The molecule has 0 bridgehead atoms. The first kappa shape index (κ1) is 20.7. The van der Waals surface area contributed by atoms with Gasteiger partial charge in [0, 0.05) is 28.3 Å². The van der Waals surface area contributed by atoms with Crippen LogP contribution in [0.2, 0.25) is 0 Å². The minimum atomic E-state index is -1.56. The van der Waals surface area contributed by atoms with Crippen LogP contribution in [0.1, 0.15) is 65.8 Å². The lowest BCUT2D eigenvalue weighted by atomic mass is 9.82. The number of aliphatic hydroxyl groups is 1. The van der Waals surface area contributed by atoms with Gasteiger partial charge in [0.05, 0.1) is 28.3 Å². The van der Waals surface area contributed by atoms with Crippen molar-refractivity contribution in [3.63, 3.8) is 0 Å². The Morgan fingerprint density at radius 2 is 2.10 bits per heavy atom. The van der Waals surface area contributed by atoms with Crippen molar-refractivity contribution in [1.82, 2.24) is 9.55 Å². The van der Waals surface area contributed by atoms with Crippen molar-refractivity contribution < 1.29 is 9.50 Å². The SMILES string of the molecule is CC1=c2c(c(=O)[nH]c(=O)n2C2CC2)=C(N)C(F)C1c1cc2c(s1)CCCC2C(O)CN. The number of halogens is 1. The Bertz CT molecular complexity index is 1290. The summed E-state index contributed by atoms with van der Waals surface area (Å²) in [5.74, 6) is -0.716. The van der Waals surface area contributed by atoms with E-state index in [9.17, 15) is 14.7 Å². The summed E-state index contributed by atoms with van der Waals surface area (Å²) in [5.41, 5.74) is 12.4. The minimum Gasteiger partial charge on any atom is -0.399 e. The molecule has 0 radical (unpaired) electrons. The number of nitrogens with one attached hydrogen (secondary N) is 1. The van der Waals surface area contributed by atoms with Crippen LogP contribution in [0.3, 0.4) is 0 Å². The smallest absolute Gasteiger partial charge is 0.329 e. The maximum atomic E-state index is 15.7. The molecule has 3 aliphatic rings. The minimum absolute atomic E-state index is 0.0123. The number of H-pyrrole nitrogens is 1. The second-order valence-electron chi connectivity index (χ2n) is 8.93. The first-order chi connectivity index (χ1) is 14.8. The number of alkyl halides is 1. The van der Waals surface area contributed by atoms with Gasteiger partial charge in [-0.15, -0.1) is 11.3 Å². The highest BCUT2D eigenvalue weighted by Crippen LogP contribution is 2.45. The number of aromatic amines is 1. The average Bonchev–Trinajstić information content (AvgIpc) is 3.48. The lowest BCUT2D eigenvalue weighted by Crippen LogP contribution is -2.59. The summed E-state index contributed by atoms with van der Waals surface area (Å²) in [6, 6.07) is 1.99. The Hall–Kier alpha value is -2.23. The second-order valence-corrected chi connectivity index (χ2v) is 10.1. The molecule has 1 fully saturated rings. The Morgan fingerprint density at radius 3 is 2.77 bits per heavy atom. The van der Waals surface area contributed by atoms with Crippen LogP contribution in [0, 0.1) is 0 Å². The second kappa shape index (κ2) is 7.43. The fourth-order valence-corrected chi connectivity index (χ4v) is 6.72. The van der Waals surface area contributed by atoms with Crippen LogP contribution in [0.25, 0.3) is 11.3 Å². The molecular formula is C22H27FN4O3S. The van der Waals surface area contributed by atoms with E-state index in [1.54, 1.807) is 22.8 Å². The monoisotopic (exact) mass is 446 g/mol. The van der Waals surface area contributed by atoms with E-state index in [-0.39, 0.29) is 29.4 Å². The van der Waals surface area contributed by atoms with Crippen LogP contribution in [-0.4, -0.2) is 33.5 Å². The van der Waals surface area contributed by atoms with Crippen LogP contribution in [0.4, 0.5) is 4.39 Å². The molecule has 166 valence electrons. The van der Waals surface area contributed by atoms with Crippen molar-refractivity contribution in [2.75, 3.05) is 6.54 Å². The predicted octanol–water partition coefficient (Wildman–Crippen LogP) is 0.0455. The summed E-state index contributed by atoms with van der Waals surface area (Å²) in [6.45, 7) is 1.98. The lowest BCUT2D eigenvalue weighted by Gasteiger charge is -2.27. The van der Waals surface area contributed by atoms with Crippen molar-refractivity contribution in [1.29, 1.82) is 0 Å². The van der Waals surface area contributed by atoms with Gasteiger partial charge in [0.2, 0.25) is 0 Å². The molecule has 2 heterocycles. The molecule has 2 aromatic heterocycles. The van der Waals surface area contributed by atoms with Gasteiger partial charge in [-0.05, 0) is 56.2 Å².